The molecule has 3 heteroatoms. The van der Waals surface area contributed by atoms with E-state index in [4.69, 9.17) is 21.1 Å². The van der Waals surface area contributed by atoms with Gasteiger partial charge in [0.25, 0.3) is 5.25 Å². The van der Waals surface area contributed by atoms with Crippen LogP contribution in [-0.2, 0) is 9.47 Å². The first kappa shape index (κ1) is 19.3. The van der Waals surface area contributed by atoms with Gasteiger partial charge in [0, 0.05) is 19.1 Å². The highest BCUT2D eigenvalue weighted by Gasteiger charge is 2.44. The second-order valence-corrected chi connectivity index (χ2v) is 6.83. The number of ether oxygens (including phenoxy) is 2. The second-order valence-electron chi connectivity index (χ2n) is 6.30. The van der Waals surface area contributed by atoms with Gasteiger partial charge in [-0.2, -0.15) is 0 Å². The molecule has 0 N–H and O–H groups in total. The van der Waals surface area contributed by atoms with E-state index in [1.807, 2.05) is 13.8 Å². The molecule has 1 unspecified atom stereocenters. The molecule has 21 heavy (non-hydrogen) atoms. The summed E-state index contributed by atoms with van der Waals surface area (Å²) in [6.45, 7) is 7.49. The molecule has 0 heterocycles. The molecule has 1 rings (SSSR count). The van der Waals surface area contributed by atoms with Crippen molar-refractivity contribution in [3.05, 3.63) is 0 Å². The Balaban J connectivity index is 2.45. The van der Waals surface area contributed by atoms with Gasteiger partial charge in [0.2, 0.25) is 0 Å². The topological polar surface area (TPSA) is 18.5 Å². The summed E-state index contributed by atoms with van der Waals surface area (Å²) in [5, 5.41) is -0.891. The Morgan fingerprint density at radius 2 is 1.52 bits per heavy atom. The summed E-state index contributed by atoms with van der Waals surface area (Å²) in [7, 11) is 0. The van der Waals surface area contributed by atoms with Crippen LogP contribution in [0.5, 0.6) is 0 Å². The number of halogens is 1. The van der Waals surface area contributed by atoms with Crippen LogP contribution in [0.4, 0.5) is 0 Å². The zero-order chi connectivity index (χ0) is 15.6. The minimum absolute atomic E-state index is 0.346. The van der Waals surface area contributed by atoms with E-state index in [1.165, 1.54) is 57.8 Å². The minimum Gasteiger partial charge on any atom is -0.337 e. The lowest BCUT2D eigenvalue weighted by Gasteiger charge is -2.42. The van der Waals surface area contributed by atoms with E-state index in [-0.39, 0.29) is 0 Å². The van der Waals surface area contributed by atoms with Crippen molar-refractivity contribution in [3.8, 4) is 0 Å². The van der Waals surface area contributed by atoms with Crippen LogP contribution >= 0.6 is 11.6 Å². The highest BCUT2D eigenvalue weighted by molar-refractivity contribution is 6.22. The maximum Gasteiger partial charge on any atom is 0.251 e. The fourth-order valence-electron chi connectivity index (χ4n) is 3.33. The van der Waals surface area contributed by atoms with Crippen LogP contribution in [0.3, 0.4) is 0 Å². The molecule has 126 valence electrons. The van der Waals surface area contributed by atoms with Crippen molar-refractivity contribution < 1.29 is 9.47 Å². The second kappa shape index (κ2) is 10.9. The van der Waals surface area contributed by atoms with E-state index in [9.17, 15) is 0 Å². The van der Waals surface area contributed by atoms with Crippen molar-refractivity contribution in [2.24, 2.45) is 11.8 Å². The van der Waals surface area contributed by atoms with Gasteiger partial charge in [-0.15, -0.1) is 0 Å². The lowest BCUT2D eigenvalue weighted by atomic mass is 9.73. The van der Waals surface area contributed by atoms with Crippen molar-refractivity contribution in [2.45, 2.75) is 90.2 Å². The van der Waals surface area contributed by atoms with Gasteiger partial charge in [-0.25, -0.2) is 0 Å². The Labute approximate surface area is 136 Å². The summed E-state index contributed by atoms with van der Waals surface area (Å²) in [4.78, 5) is 0. The number of unbranched alkanes of at least 4 members (excludes halogenated alkanes) is 5. The van der Waals surface area contributed by atoms with Gasteiger partial charge in [0.05, 0.1) is 0 Å². The summed E-state index contributed by atoms with van der Waals surface area (Å²) >= 11 is 6.73. The van der Waals surface area contributed by atoms with Crippen molar-refractivity contribution in [1.82, 2.24) is 0 Å². The predicted octanol–water partition coefficient (Wildman–Crippen LogP) is 6.12. The monoisotopic (exact) mass is 318 g/mol. The number of alkyl halides is 1. The van der Waals surface area contributed by atoms with E-state index >= 15 is 0 Å². The molecule has 0 aromatic rings. The van der Waals surface area contributed by atoms with Crippen LogP contribution in [0.15, 0.2) is 0 Å². The lowest BCUT2D eigenvalue weighted by molar-refractivity contribution is -0.220. The van der Waals surface area contributed by atoms with Crippen molar-refractivity contribution in [3.63, 3.8) is 0 Å². The minimum atomic E-state index is -0.891. The lowest BCUT2D eigenvalue weighted by Crippen LogP contribution is -2.44. The molecular weight excluding hydrogens is 284 g/mol. The zero-order valence-electron chi connectivity index (χ0n) is 14.3. The summed E-state index contributed by atoms with van der Waals surface area (Å²) in [6, 6.07) is 0. The van der Waals surface area contributed by atoms with Crippen LogP contribution in [0.2, 0.25) is 0 Å². The summed E-state index contributed by atoms with van der Waals surface area (Å²) in [5.41, 5.74) is 0. The highest BCUT2D eigenvalue weighted by Crippen LogP contribution is 2.45. The molecular formula is C18H35ClO2. The number of rotatable bonds is 13. The third-order valence-corrected chi connectivity index (χ3v) is 5.21. The number of hydrogen-bond donors (Lipinski definition) is 0. The molecule has 0 aromatic heterocycles. The predicted molar refractivity (Wildman–Crippen MR) is 90.7 cm³/mol. The van der Waals surface area contributed by atoms with E-state index in [0.29, 0.717) is 25.0 Å². The molecule has 0 radical (unpaired) electrons. The Kier molecular flexibility index (Phi) is 9.96. The molecule has 0 spiro atoms. The molecule has 1 aliphatic rings. The Bertz CT molecular complexity index is 248. The summed E-state index contributed by atoms with van der Waals surface area (Å²) in [6.07, 6.45) is 13.0. The largest absolute Gasteiger partial charge is 0.337 e. The summed E-state index contributed by atoms with van der Waals surface area (Å²) in [5.74, 6) is 1.04. The maximum absolute atomic E-state index is 6.73. The van der Waals surface area contributed by atoms with Crippen molar-refractivity contribution in [1.29, 1.82) is 0 Å². The quantitative estimate of drug-likeness (QED) is 0.231. The molecule has 0 saturated heterocycles. The first-order valence-corrected chi connectivity index (χ1v) is 9.52. The fraction of sp³-hybridized carbons (Fsp3) is 1.00. The van der Waals surface area contributed by atoms with Gasteiger partial charge in [0.1, 0.15) is 0 Å². The van der Waals surface area contributed by atoms with Gasteiger partial charge >= 0.3 is 0 Å². The molecule has 0 amide bonds. The van der Waals surface area contributed by atoms with E-state index in [0.717, 1.165) is 6.42 Å². The molecule has 1 fully saturated rings. The van der Waals surface area contributed by atoms with Gasteiger partial charge in [-0.3, -0.25) is 0 Å². The number of hydrogen-bond acceptors (Lipinski definition) is 2. The van der Waals surface area contributed by atoms with Gasteiger partial charge in [-0.05, 0) is 39.0 Å². The molecule has 0 bridgehead atoms. The third kappa shape index (κ3) is 6.46. The molecule has 1 aliphatic carbocycles. The average Bonchev–Trinajstić information content (AvgIpc) is 2.39. The molecule has 1 atom stereocenters. The van der Waals surface area contributed by atoms with Crippen molar-refractivity contribution >= 4 is 11.6 Å². The first-order chi connectivity index (χ1) is 10.2. The Hall–Kier alpha value is 0.210. The van der Waals surface area contributed by atoms with E-state index < -0.39 is 5.25 Å². The van der Waals surface area contributed by atoms with Gasteiger partial charge in [-0.1, -0.05) is 63.5 Å². The van der Waals surface area contributed by atoms with Crippen LogP contribution in [0, 0.1) is 11.8 Å². The molecule has 2 nitrogen and oxygen atoms in total. The third-order valence-electron chi connectivity index (χ3n) is 4.71. The normalized spacial score (nSPS) is 17.7. The zero-order valence-corrected chi connectivity index (χ0v) is 15.1. The van der Waals surface area contributed by atoms with Crippen LogP contribution in [0.1, 0.15) is 85.0 Å². The van der Waals surface area contributed by atoms with Crippen LogP contribution < -0.4 is 0 Å². The first-order valence-electron chi connectivity index (χ1n) is 9.14. The Morgan fingerprint density at radius 3 is 2.00 bits per heavy atom. The van der Waals surface area contributed by atoms with E-state index in [2.05, 4.69) is 6.92 Å². The maximum atomic E-state index is 6.73. The average molecular weight is 319 g/mol. The fourth-order valence-corrected chi connectivity index (χ4v) is 3.83. The van der Waals surface area contributed by atoms with Gasteiger partial charge < -0.3 is 9.47 Å². The standard InChI is InChI=1S/C18H35ClO2/c1-4-7-8-9-10-11-15-17(16-13-12-14-16)18(19,20-5-2)21-6-3/h16-17H,4-15H2,1-3H3. The van der Waals surface area contributed by atoms with Crippen molar-refractivity contribution in [2.75, 3.05) is 13.2 Å². The van der Waals surface area contributed by atoms with Crippen LogP contribution in [-0.4, -0.2) is 18.5 Å². The summed E-state index contributed by atoms with van der Waals surface area (Å²) < 4.78 is 11.7. The highest BCUT2D eigenvalue weighted by atomic mass is 35.5. The Morgan fingerprint density at radius 1 is 0.952 bits per heavy atom. The molecule has 0 aliphatic heterocycles. The molecule has 1 saturated carbocycles. The van der Waals surface area contributed by atoms with Gasteiger partial charge in [0.15, 0.2) is 0 Å². The molecule has 0 aromatic carbocycles. The van der Waals surface area contributed by atoms with Crippen LogP contribution in [0.25, 0.3) is 0 Å². The van der Waals surface area contributed by atoms with E-state index in [1.54, 1.807) is 0 Å². The smallest absolute Gasteiger partial charge is 0.251 e. The SMILES string of the molecule is CCCCCCCCC(C1CCC1)C(Cl)(OCC)OCC.